The lowest BCUT2D eigenvalue weighted by atomic mass is 10.2. The molecule has 0 radical (unpaired) electrons. The summed E-state index contributed by atoms with van der Waals surface area (Å²) < 4.78 is 0. The van der Waals surface area contributed by atoms with Crippen molar-refractivity contribution >= 4 is 34.7 Å². The van der Waals surface area contributed by atoms with E-state index in [0.717, 1.165) is 21.2 Å². The van der Waals surface area contributed by atoms with Crippen LogP contribution in [0.1, 0.15) is 11.3 Å². The molecule has 1 aromatic carbocycles. The Morgan fingerprint density at radius 2 is 2.21 bits per heavy atom. The van der Waals surface area contributed by atoms with E-state index in [2.05, 4.69) is 10.3 Å². The van der Waals surface area contributed by atoms with Crippen molar-refractivity contribution in [2.75, 3.05) is 5.32 Å². The predicted octanol–water partition coefficient (Wildman–Crippen LogP) is 3.42. The molecule has 0 bridgehead atoms. The first-order chi connectivity index (χ1) is 9.10. The zero-order chi connectivity index (χ0) is 13.6. The number of aromatic nitrogens is 1. The lowest BCUT2D eigenvalue weighted by Crippen LogP contribution is -2.17. The standard InChI is InChI=1S/C13H8ClN3OS/c1-6-12-11(8(5-15)13(18)16-6)17-9-4-7(14)2-3-10(9)19-12/h2-4,17H,1H3,(H,16,18). The SMILES string of the molecule is Cc1[nH]c(=O)c(C#N)c2c1Sc1ccc(Cl)cc1N2. The van der Waals surface area contributed by atoms with Gasteiger partial charge in [0.15, 0.2) is 0 Å². The molecule has 0 amide bonds. The molecule has 0 unspecified atom stereocenters. The van der Waals surface area contributed by atoms with Crippen molar-refractivity contribution in [3.63, 3.8) is 0 Å². The maximum atomic E-state index is 11.8. The van der Waals surface area contributed by atoms with Gasteiger partial charge in [0.05, 0.1) is 16.3 Å². The highest BCUT2D eigenvalue weighted by Crippen LogP contribution is 2.46. The van der Waals surface area contributed by atoms with Crippen molar-refractivity contribution in [3.8, 4) is 6.07 Å². The van der Waals surface area contributed by atoms with E-state index in [0.29, 0.717) is 10.7 Å². The van der Waals surface area contributed by atoms with Gasteiger partial charge in [-0.3, -0.25) is 4.79 Å². The molecule has 0 aliphatic carbocycles. The van der Waals surface area contributed by atoms with Crippen LogP contribution in [0.4, 0.5) is 11.4 Å². The fourth-order valence-electron chi connectivity index (χ4n) is 1.99. The minimum Gasteiger partial charge on any atom is -0.352 e. The second-order valence-electron chi connectivity index (χ2n) is 4.14. The van der Waals surface area contributed by atoms with E-state index >= 15 is 0 Å². The Morgan fingerprint density at radius 3 is 2.95 bits per heavy atom. The quantitative estimate of drug-likeness (QED) is 0.665. The number of hydrogen-bond acceptors (Lipinski definition) is 4. The predicted molar refractivity (Wildman–Crippen MR) is 75.4 cm³/mol. The molecule has 0 atom stereocenters. The minimum absolute atomic E-state index is 0.0960. The fraction of sp³-hybridized carbons (Fsp3) is 0.0769. The zero-order valence-electron chi connectivity index (χ0n) is 9.87. The maximum absolute atomic E-state index is 11.8. The van der Waals surface area contributed by atoms with Crippen LogP contribution < -0.4 is 10.9 Å². The van der Waals surface area contributed by atoms with Crippen molar-refractivity contribution in [2.45, 2.75) is 16.7 Å². The van der Waals surface area contributed by atoms with Gasteiger partial charge in [-0.05, 0) is 25.1 Å². The molecule has 94 valence electrons. The summed E-state index contributed by atoms with van der Waals surface area (Å²) >= 11 is 7.47. The van der Waals surface area contributed by atoms with Gasteiger partial charge in [-0.15, -0.1) is 0 Å². The molecule has 4 nitrogen and oxygen atoms in total. The van der Waals surface area contributed by atoms with Crippen molar-refractivity contribution < 1.29 is 0 Å². The van der Waals surface area contributed by atoms with E-state index in [-0.39, 0.29) is 11.1 Å². The topological polar surface area (TPSA) is 68.7 Å². The molecule has 2 aromatic rings. The van der Waals surface area contributed by atoms with Crippen LogP contribution >= 0.6 is 23.4 Å². The van der Waals surface area contributed by atoms with Crippen LogP contribution in [0.25, 0.3) is 0 Å². The number of benzene rings is 1. The number of nitrogens with one attached hydrogen (secondary N) is 2. The molecule has 0 saturated carbocycles. The highest BCUT2D eigenvalue weighted by atomic mass is 35.5. The first-order valence-corrected chi connectivity index (χ1v) is 6.71. The van der Waals surface area contributed by atoms with E-state index in [1.54, 1.807) is 6.07 Å². The molecule has 0 saturated heterocycles. The van der Waals surface area contributed by atoms with Crippen molar-refractivity contribution in [1.29, 1.82) is 5.26 Å². The number of hydrogen-bond donors (Lipinski definition) is 2. The molecular formula is C13H8ClN3OS. The Kier molecular flexibility index (Phi) is 2.77. The lowest BCUT2D eigenvalue weighted by molar-refractivity contribution is 1.05. The minimum atomic E-state index is -0.377. The third-order valence-electron chi connectivity index (χ3n) is 2.87. The highest BCUT2D eigenvalue weighted by molar-refractivity contribution is 7.99. The number of halogens is 1. The molecule has 3 rings (SSSR count). The van der Waals surface area contributed by atoms with Gasteiger partial charge in [0, 0.05) is 15.6 Å². The number of aromatic amines is 1. The van der Waals surface area contributed by atoms with Gasteiger partial charge in [-0.2, -0.15) is 5.26 Å². The van der Waals surface area contributed by atoms with Gasteiger partial charge in [-0.1, -0.05) is 23.4 Å². The van der Waals surface area contributed by atoms with Crippen LogP contribution in [0, 0.1) is 18.3 Å². The normalized spacial score (nSPS) is 12.1. The van der Waals surface area contributed by atoms with Gasteiger partial charge < -0.3 is 10.3 Å². The largest absolute Gasteiger partial charge is 0.352 e. The average molecular weight is 290 g/mol. The van der Waals surface area contributed by atoms with Gasteiger partial charge in [0.1, 0.15) is 11.6 Å². The Balaban J connectivity index is 2.26. The van der Waals surface area contributed by atoms with E-state index in [1.807, 2.05) is 25.1 Å². The summed E-state index contributed by atoms with van der Waals surface area (Å²) in [6.45, 7) is 1.82. The number of fused-ring (bicyclic) bond motifs is 2. The number of aryl methyl sites for hydroxylation is 1. The second-order valence-corrected chi connectivity index (χ2v) is 5.63. The monoisotopic (exact) mass is 289 g/mol. The van der Waals surface area contributed by atoms with Crippen molar-refractivity contribution in [3.05, 3.63) is 44.8 Å². The Morgan fingerprint density at radius 1 is 1.42 bits per heavy atom. The van der Waals surface area contributed by atoms with Crippen LogP contribution in [0.15, 0.2) is 32.8 Å². The van der Waals surface area contributed by atoms with Crippen molar-refractivity contribution in [2.24, 2.45) is 0 Å². The smallest absolute Gasteiger partial charge is 0.268 e. The van der Waals surface area contributed by atoms with E-state index in [4.69, 9.17) is 16.9 Å². The Hall–Kier alpha value is -1.90. The van der Waals surface area contributed by atoms with Crippen LogP contribution in [0.2, 0.25) is 5.02 Å². The van der Waals surface area contributed by atoms with Gasteiger partial charge in [0.25, 0.3) is 5.56 Å². The zero-order valence-corrected chi connectivity index (χ0v) is 11.4. The number of anilines is 2. The first-order valence-electron chi connectivity index (χ1n) is 5.51. The van der Waals surface area contributed by atoms with E-state index < -0.39 is 0 Å². The summed E-state index contributed by atoms with van der Waals surface area (Å²) in [5.74, 6) is 0. The number of pyridine rings is 1. The van der Waals surface area contributed by atoms with Gasteiger partial charge in [-0.25, -0.2) is 0 Å². The van der Waals surface area contributed by atoms with Crippen LogP contribution in [0.5, 0.6) is 0 Å². The molecule has 0 fully saturated rings. The van der Waals surface area contributed by atoms with Crippen molar-refractivity contribution in [1.82, 2.24) is 4.98 Å². The van der Waals surface area contributed by atoms with Crippen LogP contribution in [-0.4, -0.2) is 4.98 Å². The third kappa shape index (κ3) is 1.89. The Labute approximate surface area is 118 Å². The molecule has 6 heteroatoms. The summed E-state index contributed by atoms with van der Waals surface area (Å²) in [6.07, 6.45) is 0. The van der Waals surface area contributed by atoms with Crippen LogP contribution in [-0.2, 0) is 0 Å². The summed E-state index contributed by atoms with van der Waals surface area (Å²) in [4.78, 5) is 16.3. The van der Waals surface area contributed by atoms with E-state index in [9.17, 15) is 4.79 Å². The average Bonchev–Trinajstić information content (AvgIpc) is 2.37. The summed E-state index contributed by atoms with van der Waals surface area (Å²) in [6, 6.07) is 7.45. The number of nitrogens with zero attached hydrogens (tertiary/aromatic N) is 1. The van der Waals surface area contributed by atoms with Gasteiger partial charge >= 0.3 is 0 Å². The third-order valence-corrected chi connectivity index (χ3v) is 4.40. The molecule has 1 aliphatic heterocycles. The number of nitriles is 1. The molecular weight excluding hydrogens is 282 g/mol. The molecule has 2 heterocycles. The highest BCUT2D eigenvalue weighted by Gasteiger charge is 2.23. The van der Waals surface area contributed by atoms with E-state index in [1.165, 1.54) is 11.8 Å². The second kappa shape index (κ2) is 4.34. The molecule has 19 heavy (non-hydrogen) atoms. The number of H-pyrrole nitrogens is 1. The summed E-state index contributed by atoms with van der Waals surface area (Å²) in [5, 5.41) is 12.9. The first kappa shape index (κ1) is 12.2. The molecule has 1 aliphatic rings. The fourth-order valence-corrected chi connectivity index (χ4v) is 3.20. The molecule has 0 spiro atoms. The lowest BCUT2D eigenvalue weighted by Gasteiger charge is -2.22. The molecule has 1 aromatic heterocycles. The maximum Gasteiger partial charge on any atom is 0.268 e. The van der Waals surface area contributed by atoms with Gasteiger partial charge in [0.2, 0.25) is 0 Å². The molecule has 2 N–H and O–H groups in total. The number of rotatable bonds is 0. The van der Waals surface area contributed by atoms with Crippen LogP contribution in [0.3, 0.4) is 0 Å². The summed E-state index contributed by atoms with van der Waals surface area (Å²) in [7, 11) is 0. The summed E-state index contributed by atoms with van der Waals surface area (Å²) in [5.41, 5.74) is 1.84. The Bertz CT molecular complexity index is 792.